The van der Waals surface area contributed by atoms with Gasteiger partial charge in [0.15, 0.2) is 0 Å². The number of nitrogens with zero attached hydrogens (tertiary/aromatic N) is 3. The molecule has 0 amide bonds. The first-order valence-electron chi connectivity index (χ1n) is 10.9. The Morgan fingerprint density at radius 3 is 2.56 bits per heavy atom. The maximum absolute atomic E-state index is 9.42. The summed E-state index contributed by atoms with van der Waals surface area (Å²) < 4.78 is 5.61. The molecule has 0 saturated heterocycles. The number of hydrogen-bond acceptors (Lipinski definition) is 6. The molecule has 1 aliphatic heterocycles. The number of methoxy groups -OCH3 is 1. The minimum atomic E-state index is 0.130. The molecule has 0 fully saturated rings. The number of ether oxygens (including phenoxy) is 1. The molecular weight excluding hydrogens is 442 g/mol. The number of benzene rings is 3. The molecule has 6 heteroatoms. The lowest BCUT2D eigenvalue weighted by molar-refractivity contribution is 0.416. The molecule has 168 valence electrons. The fourth-order valence-corrected chi connectivity index (χ4v) is 4.67. The van der Waals surface area contributed by atoms with E-state index in [2.05, 4.69) is 82.4 Å². The van der Waals surface area contributed by atoms with Crippen LogP contribution in [0.5, 0.6) is 5.75 Å². The highest BCUT2D eigenvalue weighted by Gasteiger charge is 2.18. The van der Waals surface area contributed by atoms with Crippen LogP contribution in [-0.4, -0.2) is 33.7 Å². The Morgan fingerprint density at radius 1 is 0.941 bits per heavy atom. The minimum Gasteiger partial charge on any atom is -0.512 e. The number of rotatable bonds is 6. The average molecular weight is 466 g/mol. The summed E-state index contributed by atoms with van der Waals surface area (Å²) in [7, 11) is 1.67. The molecule has 34 heavy (non-hydrogen) atoms. The van der Waals surface area contributed by atoms with Crippen molar-refractivity contribution in [3.05, 3.63) is 97.0 Å². The van der Waals surface area contributed by atoms with E-state index in [1.165, 1.54) is 22.5 Å². The van der Waals surface area contributed by atoms with Crippen molar-refractivity contribution in [1.29, 1.82) is 0 Å². The van der Waals surface area contributed by atoms with E-state index in [4.69, 9.17) is 4.74 Å². The van der Waals surface area contributed by atoms with Crippen molar-refractivity contribution in [2.24, 2.45) is 10.2 Å². The SMILES string of the molecule is C=C(O)CSC1=NN=C(c2cc(-c3ccc4ccccc4c3)cc(-c3cnccc3OC)c2)C1. The number of aliphatic hydroxyl groups is 1. The lowest BCUT2D eigenvalue weighted by Gasteiger charge is -2.13. The fourth-order valence-electron chi connectivity index (χ4n) is 4.00. The van der Waals surface area contributed by atoms with Crippen LogP contribution in [0.25, 0.3) is 33.0 Å². The van der Waals surface area contributed by atoms with Gasteiger partial charge in [0.1, 0.15) is 10.8 Å². The summed E-state index contributed by atoms with van der Waals surface area (Å²) in [6.07, 6.45) is 4.16. The summed E-state index contributed by atoms with van der Waals surface area (Å²) in [6, 6.07) is 23.1. The molecule has 2 heterocycles. The van der Waals surface area contributed by atoms with E-state index in [9.17, 15) is 5.11 Å². The molecule has 0 unspecified atom stereocenters. The standard InChI is InChI=1S/C28H23N3O2S/c1-18(32)17-34-28-15-26(30-31-28)24-13-22(21-8-7-19-5-3-4-6-20(19)11-21)12-23(14-24)25-16-29-10-9-27(25)33-2/h3-14,16,32H,1,15,17H2,2H3. The Hall–Kier alpha value is -3.90. The first-order chi connectivity index (χ1) is 16.6. The molecule has 1 aromatic heterocycles. The smallest absolute Gasteiger partial charge is 0.129 e. The highest BCUT2D eigenvalue weighted by Crippen LogP contribution is 2.35. The second kappa shape index (κ2) is 9.53. The van der Waals surface area contributed by atoms with Crippen molar-refractivity contribution in [3.8, 4) is 28.0 Å². The summed E-state index contributed by atoms with van der Waals surface area (Å²) in [6.45, 7) is 3.55. The first kappa shape index (κ1) is 21.9. The molecular formula is C28H23N3O2S. The number of fused-ring (bicyclic) bond motifs is 1. The van der Waals surface area contributed by atoms with Crippen LogP contribution in [0.2, 0.25) is 0 Å². The van der Waals surface area contributed by atoms with Gasteiger partial charge in [-0.15, -0.1) is 16.9 Å². The van der Waals surface area contributed by atoms with Crippen LogP contribution >= 0.6 is 11.8 Å². The number of thioether (sulfide) groups is 1. The monoisotopic (exact) mass is 465 g/mol. The van der Waals surface area contributed by atoms with Gasteiger partial charge in [0.25, 0.3) is 0 Å². The highest BCUT2D eigenvalue weighted by atomic mass is 32.2. The van der Waals surface area contributed by atoms with E-state index in [-0.39, 0.29) is 5.76 Å². The lowest BCUT2D eigenvalue weighted by Crippen LogP contribution is -2.03. The summed E-state index contributed by atoms with van der Waals surface area (Å²) >= 11 is 1.46. The zero-order valence-electron chi connectivity index (χ0n) is 18.7. The van der Waals surface area contributed by atoms with Gasteiger partial charge in [0.2, 0.25) is 0 Å². The van der Waals surface area contributed by atoms with Crippen molar-refractivity contribution < 1.29 is 9.84 Å². The second-order valence-electron chi connectivity index (χ2n) is 8.01. The van der Waals surface area contributed by atoms with Gasteiger partial charge in [-0.05, 0) is 63.4 Å². The Balaban J connectivity index is 1.58. The molecule has 0 spiro atoms. The molecule has 3 aromatic carbocycles. The molecule has 5 nitrogen and oxygen atoms in total. The number of aliphatic hydroxyl groups excluding tert-OH is 1. The predicted molar refractivity (Wildman–Crippen MR) is 142 cm³/mol. The van der Waals surface area contributed by atoms with Crippen LogP contribution in [0.3, 0.4) is 0 Å². The maximum atomic E-state index is 9.42. The molecule has 0 aliphatic carbocycles. The van der Waals surface area contributed by atoms with Crippen LogP contribution in [-0.2, 0) is 0 Å². The van der Waals surface area contributed by atoms with Crippen molar-refractivity contribution in [1.82, 2.24) is 4.98 Å². The van der Waals surface area contributed by atoms with Gasteiger partial charge < -0.3 is 9.84 Å². The zero-order valence-corrected chi connectivity index (χ0v) is 19.5. The van der Waals surface area contributed by atoms with Crippen LogP contribution in [0.15, 0.2) is 102 Å². The van der Waals surface area contributed by atoms with Crippen LogP contribution < -0.4 is 4.74 Å². The first-order valence-corrected chi connectivity index (χ1v) is 11.9. The van der Waals surface area contributed by atoms with E-state index in [0.29, 0.717) is 12.2 Å². The van der Waals surface area contributed by atoms with E-state index < -0.39 is 0 Å². The van der Waals surface area contributed by atoms with Gasteiger partial charge >= 0.3 is 0 Å². The second-order valence-corrected chi connectivity index (χ2v) is 9.06. The summed E-state index contributed by atoms with van der Waals surface area (Å²) in [5.41, 5.74) is 6.00. The third-order valence-electron chi connectivity index (χ3n) is 5.67. The van der Waals surface area contributed by atoms with E-state index in [1.54, 1.807) is 13.3 Å². The Kier molecular flexibility index (Phi) is 6.14. The lowest BCUT2D eigenvalue weighted by atomic mass is 9.93. The number of pyridine rings is 1. The van der Waals surface area contributed by atoms with Crippen molar-refractivity contribution in [3.63, 3.8) is 0 Å². The predicted octanol–water partition coefficient (Wildman–Crippen LogP) is 6.89. The zero-order chi connectivity index (χ0) is 23.5. The molecule has 0 bridgehead atoms. The van der Waals surface area contributed by atoms with Gasteiger partial charge in [-0.2, -0.15) is 5.10 Å². The highest BCUT2D eigenvalue weighted by molar-refractivity contribution is 8.14. The number of hydrogen-bond donors (Lipinski definition) is 1. The Morgan fingerprint density at radius 2 is 1.74 bits per heavy atom. The summed E-state index contributed by atoms with van der Waals surface area (Å²) in [5, 5.41) is 21.5. The molecule has 0 radical (unpaired) electrons. The molecule has 5 rings (SSSR count). The van der Waals surface area contributed by atoms with Crippen molar-refractivity contribution in [2.45, 2.75) is 6.42 Å². The normalized spacial score (nSPS) is 13.0. The van der Waals surface area contributed by atoms with Gasteiger partial charge in [0, 0.05) is 24.4 Å². The van der Waals surface area contributed by atoms with Crippen LogP contribution in [0, 0.1) is 0 Å². The molecule has 1 N–H and O–H groups in total. The van der Waals surface area contributed by atoms with Crippen molar-refractivity contribution >= 4 is 33.3 Å². The van der Waals surface area contributed by atoms with Gasteiger partial charge in [-0.25, -0.2) is 0 Å². The van der Waals surface area contributed by atoms with E-state index in [1.807, 2.05) is 12.3 Å². The molecule has 0 atom stereocenters. The third-order valence-corrected chi connectivity index (χ3v) is 6.70. The molecule has 4 aromatic rings. The van der Waals surface area contributed by atoms with E-state index >= 15 is 0 Å². The van der Waals surface area contributed by atoms with Gasteiger partial charge in [-0.3, -0.25) is 4.98 Å². The Labute approximate surface area is 202 Å². The quantitative estimate of drug-likeness (QED) is 0.315. The van der Waals surface area contributed by atoms with Crippen LogP contribution in [0.4, 0.5) is 0 Å². The van der Waals surface area contributed by atoms with Gasteiger partial charge in [-0.1, -0.05) is 43.0 Å². The maximum Gasteiger partial charge on any atom is 0.129 e. The largest absolute Gasteiger partial charge is 0.512 e. The molecule has 1 aliphatic rings. The average Bonchev–Trinajstić information content (AvgIpc) is 3.36. The molecule has 0 saturated carbocycles. The van der Waals surface area contributed by atoms with Crippen molar-refractivity contribution in [2.75, 3.05) is 12.9 Å². The Bertz CT molecular complexity index is 1460. The topological polar surface area (TPSA) is 67.1 Å². The minimum absolute atomic E-state index is 0.130. The third kappa shape index (κ3) is 4.58. The number of aromatic nitrogens is 1. The van der Waals surface area contributed by atoms with Gasteiger partial charge in [0.05, 0.1) is 24.3 Å². The van der Waals surface area contributed by atoms with Crippen LogP contribution in [0.1, 0.15) is 12.0 Å². The van der Waals surface area contributed by atoms with E-state index in [0.717, 1.165) is 44.3 Å². The summed E-state index contributed by atoms with van der Waals surface area (Å²) in [4.78, 5) is 4.32. The summed E-state index contributed by atoms with van der Waals surface area (Å²) in [5.74, 6) is 1.31. The fraction of sp³-hybridized carbons (Fsp3) is 0.107.